The highest BCUT2D eigenvalue weighted by molar-refractivity contribution is 7.10. The summed E-state index contributed by atoms with van der Waals surface area (Å²) in [6, 6.07) is 24.6. The summed E-state index contributed by atoms with van der Waals surface area (Å²) in [4.78, 5) is 45.3. The molecule has 0 atom stereocenters. The Hall–Kier alpha value is -4.47. The standard InChI is InChI=1S/C37H40N4O4S/c38-28-17-21-40(22-18-28)35(42)14-8-23-45-33-25-27(37(44)41-20-7-6-13-34-32(41)19-24-46-34)15-16-31(33)39-36(43)30-12-5-4-11-29(30)26-9-2-1-3-10-26/h1-5,9-12,15-16,19,24-25,28H,6-8,13-14,17-18,20-23,38H2,(H,39,43). The molecule has 46 heavy (non-hydrogen) atoms. The topological polar surface area (TPSA) is 105 Å². The molecule has 0 unspecified atom stereocenters. The van der Waals surface area contributed by atoms with Crippen molar-refractivity contribution in [3.63, 3.8) is 0 Å². The highest BCUT2D eigenvalue weighted by Crippen LogP contribution is 2.34. The van der Waals surface area contributed by atoms with Crippen molar-refractivity contribution in [3.8, 4) is 16.9 Å². The summed E-state index contributed by atoms with van der Waals surface area (Å²) in [6.45, 7) is 2.29. The Balaban J connectivity index is 1.22. The first-order chi connectivity index (χ1) is 22.5. The molecular weight excluding hydrogens is 596 g/mol. The zero-order valence-corrected chi connectivity index (χ0v) is 26.8. The van der Waals surface area contributed by atoms with Crippen LogP contribution in [-0.4, -0.2) is 54.9 Å². The van der Waals surface area contributed by atoms with Crippen LogP contribution in [0.4, 0.5) is 11.4 Å². The number of anilines is 2. The number of rotatable bonds is 9. The fourth-order valence-corrected chi connectivity index (χ4v) is 7.06. The third kappa shape index (κ3) is 7.32. The summed E-state index contributed by atoms with van der Waals surface area (Å²) in [5.41, 5.74) is 10.2. The van der Waals surface area contributed by atoms with E-state index in [0.717, 1.165) is 48.9 Å². The SMILES string of the molecule is NC1CCN(C(=O)CCCOc2cc(C(=O)N3CCCCc4sccc43)ccc2NC(=O)c2ccccc2-c2ccccc2)CC1. The Bertz CT molecular complexity index is 1680. The van der Waals surface area contributed by atoms with Gasteiger partial charge in [-0.25, -0.2) is 0 Å². The molecule has 6 rings (SSSR count). The molecule has 1 saturated heterocycles. The maximum atomic E-state index is 13.9. The summed E-state index contributed by atoms with van der Waals surface area (Å²) in [7, 11) is 0. The maximum Gasteiger partial charge on any atom is 0.258 e. The summed E-state index contributed by atoms with van der Waals surface area (Å²) in [5.74, 6) is 0.112. The Morgan fingerprint density at radius 2 is 1.70 bits per heavy atom. The van der Waals surface area contributed by atoms with Crippen molar-refractivity contribution in [2.24, 2.45) is 5.73 Å². The van der Waals surface area contributed by atoms with Crippen molar-refractivity contribution >= 4 is 40.4 Å². The molecule has 1 fully saturated rings. The van der Waals surface area contributed by atoms with Gasteiger partial charge in [-0.05, 0) is 85.4 Å². The number of amides is 3. The summed E-state index contributed by atoms with van der Waals surface area (Å²) in [6.07, 6.45) is 5.46. The molecule has 0 aliphatic carbocycles. The van der Waals surface area contributed by atoms with Gasteiger partial charge < -0.3 is 25.6 Å². The molecule has 8 nitrogen and oxygen atoms in total. The van der Waals surface area contributed by atoms with E-state index in [1.807, 2.05) is 69.8 Å². The average Bonchev–Trinajstić information content (AvgIpc) is 3.46. The molecule has 0 bridgehead atoms. The second-order valence-corrected chi connectivity index (χ2v) is 12.9. The summed E-state index contributed by atoms with van der Waals surface area (Å²) >= 11 is 1.69. The van der Waals surface area contributed by atoms with Crippen LogP contribution in [0.15, 0.2) is 84.2 Å². The van der Waals surface area contributed by atoms with E-state index in [1.54, 1.807) is 35.6 Å². The van der Waals surface area contributed by atoms with Gasteiger partial charge in [0.15, 0.2) is 0 Å². The van der Waals surface area contributed by atoms with E-state index >= 15 is 0 Å². The van der Waals surface area contributed by atoms with E-state index in [1.165, 1.54) is 4.88 Å². The average molecular weight is 637 g/mol. The van der Waals surface area contributed by atoms with E-state index in [0.29, 0.717) is 55.0 Å². The zero-order valence-electron chi connectivity index (χ0n) is 26.0. The van der Waals surface area contributed by atoms with Crippen molar-refractivity contribution in [3.05, 3.63) is 100 Å². The fraction of sp³-hybridized carbons (Fsp3) is 0.324. The van der Waals surface area contributed by atoms with Crippen LogP contribution in [0, 0.1) is 0 Å². The van der Waals surface area contributed by atoms with E-state index in [-0.39, 0.29) is 30.4 Å². The lowest BCUT2D eigenvalue weighted by atomic mass is 9.99. The Morgan fingerprint density at radius 1 is 0.913 bits per heavy atom. The Morgan fingerprint density at radius 3 is 2.52 bits per heavy atom. The number of thiophene rings is 1. The van der Waals surface area contributed by atoms with E-state index < -0.39 is 0 Å². The molecule has 3 N–H and O–H groups in total. The first kappa shape index (κ1) is 31.5. The predicted molar refractivity (Wildman–Crippen MR) is 184 cm³/mol. The molecule has 3 amide bonds. The van der Waals surface area contributed by atoms with Crippen molar-refractivity contribution in [2.75, 3.05) is 36.5 Å². The lowest BCUT2D eigenvalue weighted by molar-refractivity contribution is -0.132. The number of nitrogens with two attached hydrogens (primary N) is 1. The normalized spacial score (nSPS) is 15.2. The van der Waals surface area contributed by atoms with Crippen molar-refractivity contribution in [2.45, 2.75) is 51.0 Å². The largest absolute Gasteiger partial charge is 0.491 e. The zero-order chi connectivity index (χ0) is 31.9. The molecule has 3 aromatic carbocycles. The number of fused-ring (bicyclic) bond motifs is 1. The molecule has 238 valence electrons. The van der Waals surface area contributed by atoms with E-state index in [9.17, 15) is 14.4 Å². The highest BCUT2D eigenvalue weighted by Gasteiger charge is 2.25. The number of hydrogen-bond acceptors (Lipinski definition) is 6. The van der Waals surface area contributed by atoms with Gasteiger partial charge in [-0.3, -0.25) is 14.4 Å². The lowest BCUT2D eigenvalue weighted by Gasteiger charge is -2.30. The second kappa shape index (κ2) is 14.7. The number of piperidine rings is 1. The third-order valence-electron chi connectivity index (χ3n) is 8.71. The van der Waals surface area contributed by atoms with E-state index in [4.69, 9.17) is 10.5 Å². The number of hydrogen-bond donors (Lipinski definition) is 2. The molecule has 3 heterocycles. The monoisotopic (exact) mass is 636 g/mol. The molecule has 9 heteroatoms. The minimum absolute atomic E-state index is 0.0956. The second-order valence-electron chi connectivity index (χ2n) is 11.9. The van der Waals surface area contributed by atoms with E-state index in [2.05, 4.69) is 5.32 Å². The number of carbonyl (C=O) groups is 3. The highest BCUT2D eigenvalue weighted by atomic mass is 32.1. The number of carbonyl (C=O) groups excluding carboxylic acids is 3. The van der Waals surface area contributed by atoms with Crippen LogP contribution in [0.2, 0.25) is 0 Å². The van der Waals surface area contributed by atoms with Gasteiger partial charge in [-0.1, -0.05) is 48.5 Å². The number of likely N-dealkylation sites (tertiary alicyclic amines) is 1. The van der Waals surface area contributed by atoms with Crippen LogP contribution < -0.4 is 20.7 Å². The van der Waals surface area contributed by atoms with Gasteiger partial charge in [0, 0.05) is 48.1 Å². The van der Waals surface area contributed by atoms with Crippen molar-refractivity contribution < 1.29 is 19.1 Å². The van der Waals surface area contributed by atoms with Gasteiger partial charge in [-0.15, -0.1) is 11.3 Å². The van der Waals surface area contributed by atoms with Crippen LogP contribution in [0.25, 0.3) is 11.1 Å². The van der Waals surface area contributed by atoms with Crippen LogP contribution >= 0.6 is 11.3 Å². The van der Waals surface area contributed by atoms with Crippen LogP contribution in [0.5, 0.6) is 5.75 Å². The van der Waals surface area contributed by atoms with Crippen molar-refractivity contribution in [1.29, 1.82) is 0 Å². The molecule has 2 aliphatic rings. The number of aryl methyl sites for hydroxylation is 1. The molecule has 1 aromatic heterocycles. The third-order valence-corrected chi connectivity index (χ3v) is 9.68. The maximum absolute atomic E-state index is 13.9. The van der Waals surface area contributed by atoms with Gasteiger partial charge in [0.1, 0.15) is 5.75 Å². The van der Waals surface area contributed by atoms with Gasteiger partial charge in [0.05, 0.1) is 18.0 Å². The molecule has 2 aliphatic heterocycles. The number of ether oxygens (including phenoxy) is 1. The number of benzene rings is 3. The Labute approximate surface area is 274 Å². The first-order valence-electron chi connectivity index (χ1n) is 16.1. The summed E-state index contributed by atoms with van der Waals surface area (Å²) < 4.78 is 6.23. The molecule has 0 saturated carbocycles. The minimum atomic E-state index is -0.280. The van der Waals surface area contributed by atoms with Crippen molar-refractivity contribution in [1.82, 2.24) is 4.90 Å². The Kier molecular flexibility index (Phi) is 10.1. The minimum Gasteiger partial charge on any atom is -0.491 e. The van der Waals surface area contributed by atoms with Crippen LogP contribution in [0.3, 0.4) is 0 Å². The number of nitrogens with zero attached hydrogens (tertiary/aromatic N) is 2. The molecular formula is C37H40N4O4S. The van der Waals surface area contributed by atoms with Gasteiger partial charge in [-0.2, -0.15) is 0 Å². The summed E-state index contributed by atoms with van der Waals surface area (Å²) in [5, 5.41) is 5.07. The quantitative estimate of drug-likeness (QED) is 0.198. The van der Waals surface area contributed by atoms with Gasteiger partial charge in [0.2, 0.25) is 5.91 Å². The predicted octanol–water partition coefficient (Wildman–Crippen LogP) is 6.76. The van der Waals surface area contributed by atoms with Gasteiger partial charge >= 0.3 is 0 Å². The fourth-order valence-electron chi connectivity index (χ4n) is 6.13. The van der Waals surface area contributed by atoms with Crippen LogP contribution in [-0.2, 0) is 11.2 Å². The first-order valence-corrected chi connectivity index (χ1v) is 17.0. The molecule has 0 radical (unpaired) electrons. The molecule has 0 spiro atoms. The lowest BCUT2D eigenvalue weighted by Crippen LogP contribution is -2.42. The molecule has 4 aromatic rings. The van der Waals surface area contributed by atoms with Gasteiger partial charge in [0.25, 0.3) is 11.8 Å². The van der Waals surface area contributed by atoms with Crippen LogP contribution in [0.1, 0.15) is 64.1 Å². The smallest absolute Gasteiger partial charge is 0.258 e. The number of nitrogens with one attached hydrogen (secondary N) is 1.